The Bertz CT molecular complexity index is 1250. The molecule has 198 valence electrons. The summed E-state index contributed by atoms with van der Waals surface area (Å²) in [6.07, 6.45) is 4.65. The molecule has 37 heavy (non-hydrogen) atoms. The van der Waals surface area contributed by atoms with Gasteiger partial charge in [-0.25, -0.2) is 4.39 Å². The molecule has 0 unspecified atom stereocenters. The third-order valence-corrected chi connectivity index (χ3v) is 8.27. The van der Waals surface area contributed by atoms with Crippen LogP contribution in [0.15, 0.2) is 36.5 Å². The molecule has 2 N–H and O–H groups in total. The second kappa shape index (κ2) is 9.87. The van der Waals surface area contributed by atoms with Crippen LogP contribution in [0.5, 0.6) is 5.75 Å². The summed E-state index contributed by atoms with van der Waals surface area (Å²) in [6.45, 7) is 7.60. The van der Waals surface area contributed by atoms with Crippen molar-refractivity contribution in [3.8, 4) is 5.75 Å². The van der Waals surface area contributed by atoms with Crippen molar-refractivity contribution in [2.45, 2.75) is 63.3 Å². The summed E-state index contributed by atoms with van der Waals surface area (Å²) < 4.78 is 33.9. The van der Waals surface area contributed by atoms with E-state index in [0.717, 1.165) is 54.0 Å². The van der Waals surface area contributed by atoms with Gasteiger partial charge in [0.15, 0.2) is 0 Å². The number of aromatic amines is 1. The number of hydrogen-bond acceptors (Lipinski definition) is 5. The number of aromatic nitrogens is 2. The molecule has 6 rings (SSSR count). The molecule has 3 aromatic rings. The summed E-state index contributed by atoms with van der Waals surface area (Å²) in [4.78, 5) is 4.62. The Morgan fingerprint density at radius 2 is 2.00 bits per heavy atom. The Hall–Kier alpha value is -2.71. The van der Waals surface area contributed by atoms with Crippen LogP contribution in [0.4, 0.5) is 14.5 Å². The highest BCUT2D eigenvalue weighted by Crippen LogP contribution is 2.48. The van der Waals surface area contributed by atoms with Crippen LogP contribution < -0.4 is 10.1 Å². The normalized spacial score (nSPS) is 23.6. The number of alkyl halides is 2. The molecular formula is C29H37F2N5O. The Morgan fingerprint density at radius 3 is 2.76 bits per heavy atom. The van der Waals surface area contributed by atoms with Gasteiger partial charge in [0.25, 0.3) is 0 Å². The average Bonchev–Trinajstić information content (AvgIpc) is 3.38. The van der Waals surface area contributed by atoms with E-state index in [4.69, 9.17) is 4.74 Å². The van der Waals surface area contributed by atoms with Gasteiger partial charge >= 0.3 is 0 Å². The molecule has 1 aromatic heterocycles. The van der Waals surface area contributed by atoms with Gasteiger partial charge < -0.3 is 10.1 Å². The van der Waals surface area contributed by atoms with Crippen LogP contribution in [0.2, 0.25) is 0 Å². The average molecular weight is 510 g/mol. The maximum atomic E-state index is 15.2. The number of ether oxygens (including phenoxy) is 1. The second-order valence-corrected chi connectivity index (χ2v) is 11.1. The molecule has 0 bridgehead atoms. The maximum absolute atomic E-state index is 15.2. The number of rotatable bonds is 10. The molecule has 1 saturated heterocycles. The van der Waals surface area contributed by atoms with Crippen LogP contribution >= 0.6 is 0 Å². The van der Waals surface area contributed by atoms with Gasteiger partial charge in [0.2, 0.25) is 0 Å². The van der Waals surface area contributed by atoms with Crippen molar-refractivity contribution in [1.82, 2.24) is 20.0 Å². The summed E-state index contributed by atoms with van der Waals surface area (Å²) >= 11 is 0. The van der Waals surface area contributed by atoms with Crippen LogP contribution in [-0.4, -0.2) is 77.2 Å². The van der Waals surface area contributed by atoms with E-state index in [1.807, 2.05) is 13.1 Å². The van der Waals surface area contributed by atoms with Gasteiger partial charge in [-0.15, -0.1) is 0 Å². The SMILES string of the molecule is CCOc1cc(NC2CN(CCCF)C2)ccc1[C@@H]1c2ccc3[nH]ncc3c2C[C@@H](C)N1CC1(F)CC1. The number of nitrogens with one attached hydrogen (secondary N) is 2. The largest absolute Gasteiger partial charge is 0.493 e. The standard InChI is InChI=1S/C29H37F2N5O/c1-3-37-27-14-20(33-21-16-35(17-21)12-4-11-30)5-6-23(27)28-22-7-8-26-25(15-32-34-26)24(22)13-19(2)36(28)18-29(31)9-10-29/h5-8,14-15,19,21,28,33H,3-4,9-13,16-18H2,1-2H3,(H,32,34)/t19-,28+/m1/s1. The molecule has 0 amide bonds. The summed E-state index contributed by atoms with van der Waals surface area (Å²) in [5.74, 6) is 0.840. The van der Waals surface area contributed by atoms with E-state index in [-0.39, 0.29) is 18.8 Å². The minimum absolute atomic E-state index is 0.0956. The lowest BCUT2D eigenvalue weighted by molar-refractivity contribution is 0.0970. The van der Waals surface area contributed by atoms with Crippen LogP contribution in [0.3, 0.4) is 0 Å². The molecule has 2 atom stereocenters. The summed E-state index contributed by atoms with van der Waals surface area (Å²) in [7, 11) is 0. The van der Waals surface area contributed by atoms with E-state index in [1.165, 1.54) is 11.1 Å². The lowest BCUT2D eigenvalue weighted by Crippen LogP contribution is -2.54. The second-order valence-electron chi connectivity index (χ2n) is 11.1. The van der Waals surface area contributed by atoms with Crippen molar-refractivity contribution in [2.24, 2.45) is 0 Å². The smallest absolute Gasteiger partial charge is 0.126 e. The molecule has 6 nitrogen and oxygen atoms in total. The van der Waals surface area contributed by atoms with E-state index in [1.54, 1.807) is 0 Å². The first-order valence-corrected chi connectivity index (χ1v) is 13.7. The van der Waals surface area contributed by atoms with Crippen LogP contribution in [0.1, 0.15) is 55.8 Å². The molecular weight excluding hydrogens is 472 g/mol. The fourth-order valence-corrected chi connectivity index (χ4v) is 6.13. The van der Waals surface area contributed by atoms with Gasteiger partial charge in [-0.05, 0) is 62.8 Å². The molecule has 2 aliphatic heterocycles. The molecule has 3 aliphatic rings. The van der Waals surface area contributed by atoms with Crippen molar-refractivity contribution in [1.29, 1.82) is 0 Å². The fraction of sp³-hybridized carbons (Fsp3) is 0.552. The number of benzene rings is 2. The molecule has 1 aliphatic carbocycles. The first kappa shape index (κ1) is 24.6. The van der Waals surface area contributed by atoms with Crippen molar-refractivity contribution in [3.05, 3.63) is 53.2 Å². The molecule has 3 heterocycles. The Balaban J connectivity index is 1.34. The van der Waals surface area contributed by atoms with Crippen molar-refractivity contribution in [3.63, 3.8) is 0 Å². The predicted octanol–water partition coefficient (Wildman–Crippen LogP) is 5.26. The maximum Gasteiger partial charge on any atom is 0.126 e. The summed E-state index contributed by atoms with van der Waals surface area (Å²) in [5.41, 5.74) is 4.54. The van der Waals surface area contributed by atoms with E-state index < -0.39 is 5.67 Å². The number of halogens is 2. The minimum Gasteiger partial charge on any atom is -0.493 e. The third kappa shape index (κ3) is 4.81. The number of nitrogens with zero attached hydrogens (tertiary/aromatic N) is 3. The van der Waals surface area contributed by atoms with Gasteiger partial charge in [-0.2, -0.15) is 5.10 Å². The highest BCUT2D eigenvalue weighted by molar-refractivity contribution is 5.83. The topological polar surface area (TPSA) is 56.4 Å². The quantitative estimate of drug-likeness (QED) is 0.391. The lowest BCUT2D eigenvalue weighted by atomic mass is 9.83. The molecule has 8 heteroatoms. The van der Waals surface area contributed by atoms with Gasteiger partial charge in [-0.3, -0.25) is 19.3 Å². The van der Waals surface area contributed by atoms with Gasteiger partial charge in [0, 0.05) is 54.9 Å². The Kier molecular flexibility index (Phi) is 6.57. The fourth-order valence-electron chi connectivity index (χ4n) is 6.13. The molecule has 2 aromatic carbocycles. The summed E-state index contributed by atoms with van der Waals surface area (Å²) in [5, 5.41) is 12.2. The minimum atomic E-state index is -1.09. The molecule has 0 radical (unpaired) electrons. The zero-order valence-corrected chi connectivity index (χ0v) is 21.8. The van der Waals surface area contributed by atoms with Crippen molar-refractivity contribution in [2.75, 3.05) is 44.8 Å². The Labute approximate surface area is 217 Å². The van der Waals surface area contributed by atoms with E-state index in [9.17, 15) is 4.39 Å². The highest BCUT2D eigenvalue weighted by Gasteiger charge is 2.48. The van der Waals surface area contributed by atoms with Crippen LogP contribution in [-0.2, 0) is 6.42 Å². The molecule has 0 spiro atoms. The summed E-state index contributed by atoms with van der Waals surface area (Å²) in [6, 6.07) is 11.1. The van der Waals surface area contributed by atoms with Gasteiger partial charge in [0.1, 0.15) is 11.4 Å². The van der Waals surface area contributed by atoms with Gasteiger partial charge in [0.05, 0.1) is 37.1 Å². The number of H-pyrrole nitrogens is 1. The van der Waals surface area contributed by atoms with Gasteiger partial charge in [-0.1, -0.05) is 12.1 Å². The van der Waals surface area contributed by atoms with E-state index >= 15 is 4.39 Å². The number of anilines is 1. The Morgan fingerprint density at radius 1 is 1.19 bits per heavy atom. The number of likely N-dealkylation sites (tertiary alicyclic amines) is 1. The highest BCUT2D eigenvalue weighted by atomic mass is 19.1. The van der Waals surface area contributed by atoms with Crippen molar-refractivity contribution >= 4 is 16.6 Å². The zero-order valence-electron chi connectivity index (χ0n) is 21.8. The zero-order chi connectivity index (χ0) is 25.6. The first-order chi connectivity index (χ1) is 18.0. The molecule has 1 saturated carbocycles. The lowest BCUT2D eigenvalue weighted by Gasteiger charge is -2.43. The van der Waals surface area contributed by atoms with E-state index in [2.05, 4.69) is 62.6 Å². The van der Waals surface area contributed by atoms with E-state index in [0.29, 0.717) is 38.5 Å². The van der Waals surface area contributed by atoms with Crippen molar-refractivity contribution < 1.29 is 13.5 Å². The first-order valence-electron chi connectivity index (χ1n) is 13.7. The van der Waals surface area contributed by atoms with Crippen LogP contribution in [0.25, 0.3) is 10.9 Å². The predicted molar refractivity (Wildman–Crippen MR) is 143 cm³/mol. The number of hydrogen-bond donors (Lipinski definition) is 2. The molecule has 2 fully saturated rings. The number of fused-ring (bicyclic) bond motifs is 3. The van der Waals surface area contributed by atoms with Crippen LogP contribution in [0, 0.1) is 0 Å². The third-order valence-electron chi connectivity index (χ3n) is 8.27. The monoisotopic (exact) mass is 509 g/mol.